The van der Waals surface area contributed by atoms with E-state index in [0.29, 0.717) is 11.7 Å². The summed E-state index contributed by atoms with van der Waals surface area (Å²) in [6.07, 6.45) is 4.44. The number of rotatable bonds is 12. The molecule has 0 unspecified atom stereocenters. The minimum absolute atomic E-state index is 0. The van der Waals surface area contributed by atoms with Crippen LogP contribution in [-0.2, 0) is 13.1 Å². The average Bonchev–Trinajstić information content (AvgIpc) is 2.86. The SMILES string of the molecule is CCCCN=C(N)c1ccc(CN2CCN(Cc3ccc(C(N)=NCCCC)cc3)CC2)cc1.Cl.Cl.Cl.Cl. The molecule has 0 atom stereocenters. The van der Waals surface area contributed by atoms with E-state index >= 15 is 0 Å². The fraction of sp³-hybridized carbons (Fsp3) is 0.500. The normalized spacial score (nSPS) is 14.5. The lowest BCUT2D eigenvalue weighted by Gasteiger charge is -2.34. The largest absolute Gasteiger partial charge is 0.384 e. The van der Waals surface area contributed by atoms with Crippen molar-refractivity contribution < 1.29 is 0 Å². The molecule has 2 aromatic carbocycles. The second kappa shape index (κ2) is 21.3. The quantitative estimate of drug-likeness (QED) is 0.184. The van der Waals surface area contributed by atoms with E-state index in [9.17, 15) is 0 Å². The van der Waals surface area contributed by atoms with E-state index in [-0.39, 0.29) is 49.6 Å². The molecule has 6 nitrogen and oxygen atoms in total. The molecule has 10 heteroatoms. The van der Waals surface area contributed by atoms with Crippen molar-refractivity contribution in [2.24, 2.45) is 21.5 Å². The first-order valence-electron chi connectivity index (χ1n) is 12.8. The maximum Gasteiger partial charge on any atom is 0.125 e. The first-order valence-corrected chi connectivity index (χ1v) is 12.8. The predicted molar refractivity (Wildman–Crippen MR) is 173 cm³/mol. The number of aliphatic imine (C=N–C) groups is 2. The van der Waals surface area contributed by atoms with Gasteiger partial charge in [-0.05, 0) is 24.0 Å². The van der Waals surface area contributed by atoms with Crippen molar-refractivity contribution in [3.8, 4) is 0 Å². The van der Waals surface area contributed by atoms with Crippen LogP contribution in [0.3, 0.4) is 0 Å². The number of halogens is 4. The van der Waals surface area contributed by atoms with Gasteiger partial charge in [0.05, 0.1) is 0 Å². The van der Waals surface area contributed by atoms with Gasteiger partial charge in [-0.2, -0.15) is 0 Å². The minimum atomic E-state index is 0. The fourth-order valence-corrected chi connectivity index (χ4v) is 4.08. The number of amidine groups is 2. The van der Waals surface area contributed by atoms with E-state index < -0.39 is 0 Å². The topological polar surface area (TPSA) is 83.2 Å². The van der Waals surface area contributed by atoms with E-state index in [1.807, 2.05) is 0 Å². The van der Waals surface area contributed by atoms with Crippen LogP contribution in [0.5, 0.6) is 0 Å². The third-order valence-electron chi connectivity index (χ3n) is 6.36. The zero-order valence-corrected chi connectivity index (χ0v) is 25.9. The van der Waals surface area contributed by atoms with Gasteiger partial charge in [0.15, 0.2) is 0 Å². The van der Waals surface area contributed by atoms with E-state index in [4.69, 9.17) is 11.5 Å². The second-order valence-electron chi connectivity index (χ2n) is 9.19. The molecule has 0 amide bonds. The van der Waals surface area contributed by atoms with Gasteiger partial charge in [-0.3, -0.25) is 19.8 Å². The van der Waals surface area contributed by atoms with Crippen LogP contribution in [-0.4, -0.2) is 60.7 Å². The van der Waals surface area contributed by atoms with Gasteiger partial charge in [-0.1, -0.05) is 75.2 Å². The Morgan fingerprint density at radius 1 is 0.605 bits per heavy atom. The van der Waals surface area contributed by atoms with Gasteiger partial charge in [0.25, 0.3) is 0 Å². The van der Waals surface area contributed by atoms with Crippen molar-refractivity contribution in [3.63, 3.8) is 0 Å². The fourth-order valence-electron chi connectivity index (χ4n) is 4.08. The highest BCUT2D eigenvalue weighted by atomic mass is 35.5. The van der Waals surface area contributed by atoms with Crippen molar-refractivity contribution in [2.45, 2.75) is 52.6 Å². The Morgan fingerprint density at radius 2 is 0.921 bits per heavy atom. The number of nitrogens with two attached hydrogens (primary N) is 2. The highest BCUT2D eigenvalue weighted by molar-refractivity contribution is 5.98. The van der Waals surface area contributed by atoms with Gasteiger partial charge in [0.1, 0.15) is 11.7 Å². The molecule has 216 valence electrons. The third-order valence-corrected chi connectivity index (χ3v) is 6.36. The molecule has 4 N–H and O–H groups in total. The maximum atomic E-state index is 6.12. The Kier molecular flexibility index (Phi) is 21.6. The van der Waals surface area contributed by atoms with Gasteiger partial charge < -0.3 is 11.5 Å². The molecule has 0 saturated carbocycles. The van der Waals surface area contributed by atoms with Crippen LogP contribution in [0.2, 0.25) is 0 Å². The molecule has 38 heavy (non-hydrogen) atoms. The van der Waals surface area contributed by atoms with Crippen LogP contribution < -0.4 is 11.5 Å². The Labute approximate surface area is 254 Å². The Hall–Kier alpha value is -1.54. The maximum absolute atomic E-state index is 6.12. The second-order valence-corrected chi connectivity index (χ2v) is 9.19. The molecule has 1 aliphatic rings. The molecule has 1 aliphatic heterocycles. The molecule has 0 aromatic heterocycles. The smallest absolute Gasteiger partial charge is 0.125 e. The van der Waals surface area contributed by atoms with E-state index in [1.165, 1.54) is 11.1 Å². The summed E-state index contributed by atoms with van der Waals surface area (Å²) in [5.74, 6) is 1.29. The van der Waals surface area contributed by atoms with Crippen LogP contribution in [0, 0.1) is 0 Å². The first kappa shape index (κ1) is 38.6. The van der Waals surface area contributed by atoms with Gasteiger partial charge >= 0.3 is 0 Å². The Balaban J connectivity index is 0. The van der Waals surface area contributed by atoms with Gasteiger partial charge in [-0.25, -0.2) is 0 Å². The molecule has 0 spiro atoms. The Morgan fingerprint density at radius 3 is 1.21 bits per heavy atom. The highest BCUT2D eigenvalue weighted by Gasteiger charge is 2.17. The molecule has 0 aliphatic carbocycles. The summed E-state index contributed by atoms with van der Waals surface area (Å²) in [5, 5.41) is 0. The van der Waals surface area contributed by atoms with E-state index in [0.717, 1.165) is 89.2 Å². The minimum Gasteiger partial charge on any atom is -0.384 e. The van der Waals surface area contributed by atoms with Gasteiger partial charge in [-0.15, -0.1) is 49.6 Å². The molecular weight excluding hydrogens is 562 g/mol. The summed E-state index contributed by atoms with van der Waals surface area (Å²) < 4.78 is 0. The first-order chi connectivity index (χ1) is 16.6. The summed E-state index contributed by atoms with van der Waals surface area (Å²) in [4.78, 5) is 14.0. The summed E-state index contributed by atoms with van der Waals surface area (Å²) in [5.41, 5.74) is 16.9. The lowest BCUT2D eigenvalue weighted by Crippen LogP contribution is -2.45. The van der Waals surface area contributed by atoms with Crippen molar-refractivity contribution in [2.75, 3.05) is 39.3 Å². The van der Waals surface area contributed by atoms with Crippen molar-refractivity contribution in [1.82, 2.24) is 9.80 Å². The molecule has 0 radical (unpaired) electrons. The summed E-state index contributed by atoms with van der Waals surface area (Å²) >= 11 is 0. The van der Waals surface area contributed by atoms with Crippen LogP contribution in [0.1, 0.15) is 61.8 Å². The molecule has 1 heterocycles. The number of unbranched alkanes of at least 4 members (excludes halogenated alkanes) is 2. The lowest BCUT2D eigenvalue weighted by molar-refractivity contribution is 0.122. The molecule has 1 fully saturated rings. The van der Waals surface area contributed by atoms with Crippen molar-refractivity contribution in [1.29, 1.82) is 0 Å². The van der Waals surface area contributed by atoms with Gasteiger partial charge in [0.2, 0.25) is 0 Å². The zero-order chi connectivity index (χ0) is 24.2. The summed E-state index contributed by atoms with van der Waals surface area (Å²) in [6.45, 7) is 12.2. The monoisotopic (exact) mass is 606 g/mol. The lowest BCUT2D eigenvalue weighted by atomic mass is 10.1. The predicted octanol–water partition coefficient (Wildman–Crippen LogP) is 5.70. The van der Waals surface area contributed by atoms with Gasteiger partial charge in [0, 0.05) is 63.5 Å². The van der Waals surface area contributed by atoms with Crippen molar-refractivity contribution in [3.05, 3.63) is 70.8 Å². The number of piperazine rings is 1. The van der Waals surface area contributed by atoms with E-state index in [1.54, 1.807) is 0 Å². The van der Waals surface area contributed by atoms with Crippen LogP contribution in [0.4, 0.5) is 0 Å². The molecule has 3 rings (SSSR count). The average molecular weight is 609 g/mol. The summed E-state index contributed by atoms with van der Waals surface area (Å²) in [7, 11) is 0. The van der Waals surface area contributed by atoms with Crippen LogP contribution in [0.15, 0.2) is 58.5 Å². The van der Waals surface area contributed by atoms with Crippen molar-refractivity contribution >= 4 is 61.3 Å². The number of hydrogen-bond donors (Lipinski definition) is 2. The standard InChI is InChI=1S/C28H42N6.4ClH/c1-3-5-15-31-27(29)25-11-7-23(8-12-25)21-33-17-19-34(20-18-33)22-24-9-13-26(14-10-24)28(30)32-16-6-4-2;;;;/h7-14H,3-6,15-22H2,1-2H3,(H2,29,31)(H2,30,32);4*1H. The zero-order valence-electron chi connectivity index (χ0n) is 22.7. The highest BCUT2D eigenvalue weighted by Crippen LogP contribution is 2.13. The molecular formula is C28H46Cl4N6. The van der Waals surface area contributed by atoms with Crippen LogP contribution in [0.25, 0.3) is 0 Å². The number of hydrogen-bond acceptors (Lipinski definition) is 4. The van der Waals surface area contributed by atoms with Crippen LogP contribution >= 0.6 is 49.6 Å². The Bertz CT molecular complexity index is 850. The van der Waals surface area contributed by atoms with E-state index in [2.05, 4.69) is 82.2 Å². The summed E-state index contributed by atoms with van der Waals surface area (Å²) in [6, 6.07) is 17.1. The number of benzene rings is 2. The number of nitrogens with zero attached hydrogens (tertiary/aromatic N) is 4. The molecule has 2 aromatic rings. The molecule has 0 bridgehead atoms. The third kappa shape index (κ3) is 13.0. The molecule has 1 saturated heterocycles.